The summed E-state index contributed by atoms with van der Waals surface area (Å²) in [6.07, 6.45) is 21.9. The van der Waals surface area contributed by atoms with Gasteiger partial charge in [0.05, 0.1) is 6.61 Å². The van der Waals surface area contributed by atoms with Crippen LogP contribution in [0.25, 0.3) is 11.4 Å². The Balaban J connectivity index is 1.67. The predicted molar refractivity (Wildman–Crippen MR) is 132 cm³/mol. The topological polar surface area (TPSA) is 35.0 Å². The lowest BCUT2D eigenvalue weighted by molar-refractivity contribution is 0.307. The predicted octanol–water partition coefficient (Wildman–Crippen LogP) is 8.20. The SMILES string of the molecule is CCCC=CCCCCOc1ccc(-c2ncc(CCCCC[C@@H](C)CC)cn2)cc1. The van der Waals surface area contributed by atoms with Crippen molar-refractivity contribution in [3.05, 3.63) is 54.4 Å². The van der Waals surface area contributed by atoms with Crippen molar-refractivity contribution in [1.29, 1.82) is 0 Å². The van der Waals surface area contributed by atoms with Gasteiger partial charge in [0.25, 0.3) is 0 Å². The summed E-state index contributed by atoms with van der Waals surface area (Å²) in [6.45, 7) is 7.60. The molecule has 1 aromatic carbocycles. The first-order chi connectivity index (χ1) is 15.2. The van der Waals surface area contributed by atoms with Gasteiger partial charge >= 0.3 is 0 Å². The van der Waals surface area contributed by atoms with Crippen molar-refractivity contribution in [2.75, 3.05) is 6.61 Å². The highest BCUT2D eigenvalue weighted by molar-refractivity contribution is 5.55. The van der Waals surface area contributed by atoms with Gasteiger partial charge in [-0.15, -0.1) is 0 Å². The van der Waals surface area contributed by atoms with Gasteiger partial charge < -0.3 is 4.74 Å². The number of rotatable bonds is 16. The Bertz CT molecular complexity index is 722. The number of nitrogens with zero attached hydrogens (tertiary/aromatic N) is 2. The van der Waals surface area contributed by atoms with Crippen LogP contribution in [0.1, 0.15) is 90.5 Å². The fraction of sp³-hybridized carbons (Fsp3) is 0.571. The van der Waals surface area contributed by atoms with E-state index in [0.29, 0.717) is 0 Å². The fourth-order valence-electron chi connectivity index (χ4n) is 3.49. The van der Waals surface area contributed by atoms with Gasteiger partial charge in [-0.25, -0.2) is 9.97 Å². The number of benzene rings is 1. The molecule has 0 aliphatic carbocycles. The van der Waals surface area contributed by atoms with Gasteiger partial charge in [-0.05, 0) is 74.3 Å². The standard InChI is InChI=1S/C28H42N2O/c1-4-6-7-8-9-10-14-21-31-27-19-17-26(18-20-27)28-29-22-25(23-30-28)16-13-11-12-15-24(3)5-2/h7-8,17-20,22-24H,4-6,9-16,21H2,1-3H3/t24-/m0/s1. The molecule has 3 nitrogen and oxygen atoms in total. The van der Waals surface area contributed by atoms with Crippen molar-refractivity contribution in [2.45, 2.75) is 91.4 Å². The number of hydrogen-bond donors (Lipinski definition) is 0. The minimum atomic E-state index is 0.767. The molecule has 1 atom stereocenters. The number of hydrogen-bond acceptors (Lipinski definition) is 3. The third-order valence-electron chi connectivity index (χ3n) is 5.83. The van der Waals surface area contributed by atoms with Crippen molar-refractivity contribution in [3.63, 3.8) is 0 Å². The highest BCUT2D eigenvalue weighted by Crippen LogP contribution is 2.20. The minimum absolute atomic E-state index is 0.767. The van der Waals surface area contributed by atoms with Gasteiger partial charge in [-0.3, -0.25) is 0 Å². The molecule has 0 aliphatic rings. The third-order valence-corrected chi connectivity index (χ3v) is 5.83. The number of ether oxygens (including phenoxy) is 1. The first kappa shape index (κ1) is 25.1. The molecule has 0 spiro atoms. The molecular formula is C28H42N2O. The first-order valence-corrected chi connectivity index (χ1v) is 12.4. The molecule has 0 radical (unpaired) electrons. The first-order valence-electron chi connectivity index (χ1n) is 12.4. The molecule has 0 bridgehead atoms. The van der Waals surface area contributed by atoms with E-state index in [0.717, 1.165) is 48.9 Å². The zero-order valence-electron chi connectivity index (χ0n) is 20.0. The molecule has 2 aromatic rings. The summed E-state index contributed by atoms with van der Waals surface area (Å²) >= 11 is 0. The highest BCUT2D eigenvalue weighted by Gasteiger charge is 2.04. The van der Waals surface area contributed by atoms with Crippen molar-refractivity contribution < 1.29 is 4.74 Å². The Hall–Kier alpha value is -2.16. The maximum Gasteiger partial charge on any atom is 0.159 e. The summed E-state index contributed by atoms with van der Waals surface area (Å²) in [5.41, 5.74) is 2.27. The normalized spacial score (nSPS) is 12.4. The van der Waals surface area contributed by atoms with E-state index >= 15 is 0 Å². The van der Waals surface area contributed by atoms with E-state index in [-0.39, 0.29) is 0 Å². The van der Waals surface area contributed by atoms with Crippen LogP contribution in [-0.2, 0) is 6.42 Å². The van der Waals surface area contributed by atoms with Gasteiger partial charge in [0.1, 0.15) is 5.75 Å². The summed E-state index contributed by atoms with van der Waals surface area (Å²) < 4.78 is 5.86. The van der Waals surface area contributed by atoms with E-state index < -0.39 is 0 Å². The third kappa shape index (κ3) is 10.6. The molecule has 0 unspecified atom stereocenters. The summed E-state index contributed by atoms with van der Waals surface area (Å²) in [5, 5.41) is 0. The van der Waals surface area contributed by atoms with E-state index in [9.17, 15) is 0 Å². The average Bonchev–Trinajstić information content (AvgIpc) is 2.81. The van der Waals surface area contributed by atoms with Gasteiger partial charge in [0.15, 0.2) is 5.82 Å². The Kier molecular flexibility index (Phi) is 12.6. The quantitative estimate of drug-likeness (QED) is 0.202. The zero-order chi connectivity index (χ0) is 22.2. The van der Waals surface area contributed by atoms with Crippen LogP contribution in [0.4, 0.5) is 0 Å². The number of aryl methyl sites for hydroxylation is 1. The van der Waals surface area contributed by atoms with Crippen LogP contribution >= 0.6 is 0 Å². The zero-order valence-corrected chi connectivity index (χ0v) is 20.0. The maximum atomic E-state index is 5.86. The van der Waals surface area contributed by atoms with Gasteiger partial charge in [0.2, 0.25) is 0 Å². The van der Waals surface area contributed by atoms with Crippen LogP contribution in [0.3, 0.4) is 0 Å². The Labute approximate surface area is 190 Å². The van der Waals surface area contributed by atoms with Crippen molar-refractivity contribution >= 4 is 0 Å². The van der Waals surface area contributed by atoms with Crippen LogP contribution in [0, 0.1) is 5.92 Å². The van der Waals surface area contributed by atoms with Crippen molar-refractivity contribution in [2.24, 2.45) is 5.92 Å². The summed E-state index contributed by atoms with van der Waals surface area (Å²) in [6, 6.07) is 8.13. The molecule has 170 valence electrons. The van der Waals surface area contributed by atoms with E-state index in [1.165, 1.54) is 56.9 Å². The summed E-state index contributed by atoms with van der Waals surface area (Å²) in [5.74, 6) is 2.56. The summed E-state index contributed by atoms with van der Waals surface area (Å²) in [7, 11) is 0. The molecule has 1 aromatic heterocycles. The molecule has 0 aliphatic heterocycles. The lowest BCUT2D eigenvalue weighted by Crippen LogP contribution is -1.97. The number of allylic oxidation sites excluding steroid dienone is 2. The van der Waals surface area contributed by atoms with Crippen LogP contribution in [0.2, 0.25) is 0 Å². The molecular weight excluding hydrogens is 380 g/mol. The van der Waals surface area contributed by atoms with Gasteiger partial charge in [-0.2, -0.15) is 0 Å². The molecule has 0 fully saturated rings. The van der Waals surface area contributed by atoms with E-state index in [4.69, 9.17) is 4.74 Å². The molecule has 2 rings (SSSR count). The number of unbranched alkanes of at least 4 members (excludes halogenated alkanes) is 5. The molecule has 0 saturated heterocycles. The second kappa shape index (κ2) is 15.6. The molecule has 31 heavy (non-hydrogen) atoms. The van der Waals surface area contributed by atoms with Crippen LogP contribution in [-0.4, -0.2) is 16.6 Å². The van der Waals surface area contributed by atoms with Gasteiger partial charge in [-0.1, -0.05) is 65.0 Å². The smallest absolute Gasteiger partial charge is 0.159 e. The lowest BCUT2D eigenvalue weighted by atomic mass is 10.00. The minimum Gasteiger partial charge on any atom is -0.494 e. The Morgan fingerprint density at radius 2 is 1.61 bits per heavy atom. The lowest BCUT2D eigenvalue weighted by Gasteiger charge is -2.08. The van der Waals surface area contributed by atoms with E-state index in [1.807, 2.05) is 36.7 Å². The molecule has 0 amide bonds. The van der Waals surface area contributed by atoms with E-state index in [1.54, 1.807) is 0 Å². The van der Waals surface area contributed by atoms with Crippen molar-refractivity contribution in [1.82, 2.24) is 9.97 Å². The van der Waals surface area contributed by atoms with Crippen LogP contribution in [0.15, 0.2) is 48.8 Å². The monoisotopic (exact) mass is 422 g/mol. The Morgan fingerprint density at radius 1 is 0.871 bits per heavy atom. The fourth-order valence-corrected chi connectivity index (χ4v) is 3.49. The molecule has 1 heterocycles. The van der Waals surface area contributed by atoms with Crippen molar-refractivity contribution in [3.8, 4) is 17.1 Å². The second-order valence-corrected chi connectivity index (χ2v) is 8.66. The van der Waals surface area contributed by atoms with E-state index in [2.05, 4.69) is 42.9 Å². The van der Waals surface area contributed by atoms with Crippen LogP contribution < -0.4 is 4.74 Å². The average molecular weight is 423 g/mol. The largest absolute Gasteiger partial charge is 0.494 e. The second-order valence-electron chi connectivity index (χ2n) is 8.66. The molecule has 0 saturated carbocycles. The summed E-state index contributed by atoms with van der Waals surface area (Å²) in [4.78, 5) is 9.16. The van der Waals surface area contributed by atoms with Crippen LogP contribution in [0.5, 0.6) is 5.75 Å². The molecule has 0 N–H and O–H groups in total. The highest BCUT2D eigenvalue weighted by atomic mass is 16.5. The Morgan fingerprint density at radius 3 is 2.32 bits per heavy atom. The number of aromatic nitrogens is 2. The molecule has 3 heteroatoms. The van der Waals surface area contributed by atoms with Gasteiger partial charge in [0, 0.05) is 18.0 Å². The maximum absolute atomic E-state index is 5.86.